The van der Waals surface area contributed by atoms with Crippen molar-refractivity contribution in [3.8, 4) is 0 Å². The molecule has 1 aromatic carbocycles. The monoisotopic (exact) mass is 1480 g/mol. The lowest BCUT2D eigenvalue weighted by Gasteiger charge is -2.38. The van der Waals surface area contributed by atoms with Crippen LogP contribution in [0.15, 0.2) is 112 Å². The third-order valence-electron chi connectivity index (χ3n) is 18.9. The number of fused-ring (bicyclic) bond motifs is 2. The fourth-order valence-electron chi connectivity index (χ4n) is 13.4. The van der Waals surface area contributed by atoms with E-state index in [1.54, 1.807) is 31.9 Å². The van der Waals surface area contributed by atoms with E-state index in [4.69, 9.17) is 19.3 Å². The molecule has 0 saturated heterocycles. The maximum absolute atomic E-state index is 14.1. The average Bonchev–Trinajstić information content (AvgIpc) is 1.79. The maximum atomic E-state index is 14.1. The molecule has 2 aliphatic carbocycles. The Morgan fingerprint density at radius 1 is 0.755 bits per heavy atom. The van der Waals surface area contributed by atoms with Crippen LogP contribution >= 0.6 is 22.7 Å². The lowest BCUT2D eigenvalue weighted by atomic mass is 9.89. The summed E-state index contributed by atoms with van der Waals surface area (Å²) in [7, 11) is -14.6. The van der Waals surface area contributed by atoms with Gasteiger partial charge in [-0.1, -0.05) is 105 Å². The van der Waals surface area contributed by atoms with Crippen molar-refractivity contribution in [2.75, 3.05) is 53.1 Å². The zero-order valence-corrected chi connectivity index (χ0v) is 61.6. The number of sulfonamides is 3. The number of esters is 1. The minimum Gasteiger partial charge on any atom is -0.465 e. The fourth-order valence-corrected chi connectivity index (χ4v) is 22.6. The van der Waals surface area contributed by atoms with E-state index in [2.05, 4.69) is 9.71 Å². The summed E-state index contributed by atoms with van der Waals surface area (Å²) in [4.78, 5) is 28.0. The summed E-state index contributed by atoms with van der Waals surface area (Å²) in [6.45, 7) is 6.80. The van der Waals surface area contributed by atoms with Crippen LogP contribution < -0.4 is 10.5 Å². The summed E-state index contributed by atoms with van der Waals surface area (Å²) >= 11 is 1.29. The molecule has 2 aliphatic heterocycles. The summed E-state index contributed by atoms with van der Waals surface area (Å²) in [5.41, 5.74) is 1.79. The van der Waals surface area contributed by atoms with Crippen molar-refractivity contribution >= 4 is 80.7 Å². The molecular formula is C69H103N5O18S6. The number of thiophene rings is 2. The number of benzene rings is 1. The van der Waals surface area contributed by atoms with Crippen LogP contribution in [-0.2, 0) is 70.1 Å². The van der Waals surface area contributed by atoms with Crippen molar-refractivity contribution in [2.24, 2.45) is 33.2 Å². The Labute approximate surface area is 588 Å². The molecule has 4 heterocycles. The molecule has 98 heavy (non-hydrogen) atoms. The van der Waals surface area contributed by atoms with Crippen molar-refractivity contribution in [1.29, 1.82) is 0 Å². The Hall–Kier alpha value is -4.41. The fraction of sp³-hybridized carbons (Fsp3) is 0.638. The first-order valence-electron chi connectivity index (χ1n) is 34.4. The first kappa shape index (κ1) is 80.9. The second kappa shape index (κ2) is 38.7. The predicted octanol–water partition coefficient (Wildman–Crippen LogP) is 8.39. The van der Waals surface area contributed by atoms with Crippen molar-refractivity contribution < 1.29 is 83.0 Å². The number of carbonyl (C=O) groups excluding carboxylic acids is 2. The summed E-state index contributed by atoms with van der Waals surface area (Å²) in [6.07, 6.45) is 22.6. The lowest BCUT2D eigenvalue weighted by Crippen LogP contribution is -2.47. The molecule has 0 bridgehead atoms. The van der Waals surface area contributed by atoms with Crippen LogP contribution in [0.1, 0.15) is 172 Å². The van der Waals surface area contributed by atoms with E-state index in [0.717, 1.165) is 43.9 Å². The van der Waals surface area contributed by atoms with Gasteiger partial charge >= 0.3 is 5.97 Å². The number of allylic oxidation sites excluding steroid dienone is 4. The van der Waals surface area contributed by atoms with E-state index in [-0.39, 0.29) is 129 Å². The highest BCUT2D eigenvalue weighted by atomic mass is 32.3. The molecule has 548 valence electrons. The quantitative estimate of drug-likeness (QED) is 0.0121. The molecule has 4 aliphatic rings. The zero-order valence-electron chi connectivity index (χ0n) is 56.7. The highest BCUT2D eigenvalue weighted by Gasteiger charge is 2.45. The van der Waals surface area contributed by atoms with Crippen LogP contribution in [0.25, 0.3) is 0 Å². The Kier molecular flexibility index (Phi) is 32.0. The molecule has 2 saturated carbocycles. The molecule has 7 rings (SSSR count). The highest BCUT2D eigenvalue weighted by Crippen LogP contribution is 2.45. The number of hydrogen-bond donors (Lipinski definition) is 7. The molecule has 0 radical (unpaired) electrons. The molecule has 8 N–H and O–H groups in total. The third-order valence-corrected chi connectivity index (χ3v) is 29.5. The minimum absolute atomic E-state index is 0.0459. The Balaban J connectivity index is 0.767. The standard InChI is InChI=1S/C69H103N5O18S6/c1-5-71-58-42-48(3)95(82,83)68-56(58)43-67(94-68)97(86,87)72-37-22-41-92-65(81)30-20-10-8-18-28-53-55(63(79)46-61(53)77)36-34-51(90-4)26-16-11-12-21-39-91-40-23-38-73-47-59(57-44-66(96(70,84)85)93-69(57)98(73,88)89)74(6-2)64(80)29-19-9-7-17-27-52-54(62(78)45-60(52)76)35-33-50(75)32-31-49-24-14-13-15-25-49/h7-8,13-15,17-18,24-25,33-37,43-44,48,50-55,58-63,71,75-79H,5-6,9-12,16,19-23,26-32,38-42,45-47H2,1-4H3,(H2,70,84,85)/b17-7-,18-8-,35-33+,36-34+,72-37+/t48-,50-,51-,52+,53+,54+,55+,58-,59-,60-,61-,62+,63+/m0/s1. The van der Waals surface area contributed by atoms with Crippen molar-refractivity contribution in [3.05, 3.63) is 108 Å². The van der Waals surface area contributed by atoms with Gasteiger partial charge in [-0.2, -0.15) is 17.1 Å². The van der Waals surface area contributed by atoms with Gasteiger partial charge in [0.15, 0.2) is 9.84 Å². The van der Waals surface area contributed by atoms with E-state index in [1.165, 1.54) is 16.4 Å². The molecule has 13 atom stereocenters. The van der Waals surface area contributed by atoms with E-state index < -0.39 is 87.7 Å². The van der Waals surface area contributed by atoms with Crippen LogP contribution in [0.3, 0.4) is 0 Å². The Bertz CT molecular complexity index is 3650. The van der Waals surface area contributed by atoms with Gasteiger partial charge < -0.3 is 50.0 Å². The molecule has 29 heteroatoms. The molecule has 2 fully saturated rings. The van der Waals surface area contributed by atoms with Gasteiger partial charge in [0.05, 0.1) is 54.5 Å². The summed E-state index contributed by atoms with van der Waals surface area (Å²) in [6, 6.07) is 11.5. The average molecular weight is 1480 g/mol. The number of carbonyl (C=O) groups is 2. The van der Waals surface area contributed by atoms with Crippen molar-refractivity contribution in [2.45, 2.75) is 220 Å². The molecule has 23 nitrogen and oxygen atoms in total. The molecule has 2 aromatic heterocycles. The zero-order chi connectivity index (χ0) is 71.2. The number of nitrogens with two attached hydrogens (primary N) is 1. The Morgan fingerprint density at radius 3 is 2.02 bits per heavy atom. The summed E-state index contributed by atoms with van der Waals surface area (Å²) in [5, 5.41) is 62.0. The highest BCUT2D eigenvalue weighted by molar-refractivity contribution is 7.96. The smallest absolute Gasteiger partial charge is 0.305 e. The second-order valence-corrected chi connectivity index (χ2v) is 36.4. The number of hydrogen-bond acceptors (Lipinski definition) is 21. The third kappa shape index (κ3) is 22.8. The van der Waals surface area contributed by atoms with Gasteiger partial charge in [0.25, 0.3) is 20.0 Å². The number of methoxy groups -OCH3 is 1. The number of aliphatic hydroxyl groups excluding tert-OH is 5. The molecule has 0 spiro atoms. The molecule has 3 aromatic rings. The van der Waals surface area contributed by atoms with Gasteiger partial charge in [-0.25, -0.2) is 30.4 Å². The van der Waals surface area contributed by atoms with Gasteiger partial charge in [-0.15, -0.1) is 22.7 Å². The second-order valence-electron chi connectivity index (χ2n) is 25.9. The number of aliphatic hydroxyl groups is 5. The van der Waals surface area contributed by atoms with Crippen LogP contribution in [0, 0.1) is 23.7 Å². The summed E-state index contributed by atoms with van der Waals surface area (Å²) in [5.74, 6) is -1.74. The number of primary sulfonamides is 1. The van der Waals surface area contributed by atoms with Crippen LogP contribution in [0.5, 0.6) is 0 Å². The lowest BCUT2D eigenvalue weighted by molar-refractivity contribution is -0.143. The number of nitrogens with zero attached hydrogens (tertiary/aromatic N) is 3. The minimum atomic E-state index is -4.26. The maximum Gasteiger partial charge on any atom is 0.305 e. The Morgan fingerprint density at radius 2 is 1.38 bits per heavy atom. The summed E-state index contributed by atoms with van der Waals surface area (Å²) < 4.78 is 127. The topological polar surface area (TPSA) is 356 Å². The largest absolute Gasteiger partial charge is 0.465 e. The SMILES string of the molecule is CCN[C@H]1C[C@H](C)S(=O)(=O)c2sc(S(=O)(=O)/N=C/CCOC(=O)CCC/C=C\C[C@@H]3[C@@H](/C=C/[C@H](CCCCCCOCCCN4C[C@H](N(CC)C(=O)CCC/C=C\C[C@@H]5[C@@H](/C=C/[C@@H](O)CCc6ccccc6)[C@H](O)C[C@@H]5O)c5cc(S(N)(=O)=O)sc5S4(=O)=O)OC)[C@H](O)C[C@@H]3O)cc21. The van der Waals surface area contributed by atoms with Crippen molar-refractivity contribution in [1.82, 2.24) is 14.5 Å². The number of unbranched alkanes of at least 4 members (excludes halogenated alkanes) is 5. The van der Waals surface area contributed by atoms with Crippen LogP contribution in [0.4, 0.5) is 0 Å². The number of aryl methyl sites for hydroxylation is 1. The first-order chi connectivity index (χ1) is 46.7. The van der Waals surface area contributed by atoms with E-state index in [1.807, 2.05) is 79.8 Å². The number of sulfone groups is 1. The molecule has 0 unspecified atom stereocenters. The number of nitrogens with one attached hydrogen (secondary N) is 1. The van der Waals surface area contributed by atoms with Crippen LogP contribution in [0.2, 0.25) is 0 Å². The predicted molar refractivity (Wildman–Crippen MR) is 379 cm³/mol. The van der Waals surface area contributed by atoms with Crippen molar-refractivity contribution in [3.63, 3.8) is 0 Å². The molecule has 1 amide bonds. The van der Waals surface area contributed by atoms with Gasteiger partial charge in [-0.3, -0.25) is 9.59 Å². The number of ether oxygens (including phenoxy) is 3. The molecular weight excluding hydrogens is 1380 g/mol. The first-order valence-corrected chi connectivity index (χ1v) is 42.0. The number of likely N-dealkylation sites (N-methyl/N-ethyl adjacent to an activating group) is 1. The van der Waals surface area contributed by atoms with Gasteiger partial charge in [0.1, 0.15) is 16.8 Å². The normalized spacial score (nSPS) is 25.7. The van der Waals surface area contributed by atoms with Gasteiger partial charge in [0.2, 0.25) is 15.9 Å². The van der Waals surface area contributed by atoms with E-state index in [9.17, 15) is 68.8 Å². The van der Waals surface area contributed by atoms with Gasteiger partial charge in [-0.05, 0) is 127 Å². The number of rotatable bonds is 41. The van der Waals surface area contributed by atoms with Crippen LogP contribution in [-0.4, -0.2) is 181 Å². The van der Waals surface area contributed by atoms with E-state index >= 15 is 0 Å². The van der Waals surface area contributed by atoms with Gasteiger partial charge in [0, 0.05) is 107 Å². The number of amides is 1. The van der Waals surface area contributed by atoms with E-state index in [0.29, 0.717) is 106 Å².